The lowest BCUT2D eigenvalue weighted by Crippen LogP contribution is -2.44. The van der Waals surface area contributed by atoms with Crippen LogP contribution in [0, 0.1) is 0 Å². The van der Waals surface area contributed by atoms with Gasteiger partial charge >= 0.3 is 6.09 Å². The van der Waals surface area contributed by atoms with Gasteiger partial charge in [0.05, 0.1) is 5.60 Å². The van der Waals surface area contributed by atoms with E-state index in [4.69, 9.17) is 9.47 Å². The van der Waals surface area contributed by atoms with Gasteiger partial charge in [0.25, 0.3) is 0 Å². The summed E-state index contributed by atoms with van der Waals surface area (Å²) in [6.45, 7) is 6.84. The van der Waals surface area contributed by atoms with Crippen molar-refractivity contribution in [1.29, 1.82) is 0 Å². The topological polar surface area (TPSA) is 67.8 Å². The van der Waals surface area contributed by atoms with Gasteiger partial charge in [-0.05, 0) is 33.6 Å². The normalized spacial score (nSPS) is 26.1. The van der Waals surface area contributed by atoms with Gasteiger partial charge in [0.1, 0.15) is 5.60 Å². The lowest BCUT2D eigenvalue weighted by molar-refractivity contribution is 0.00998. The van der Waals surface area contributed by atoms with Gasteiger partial charge < -0.3 is 19.9 Å². The van der Waals surface area contributed by atoms with E-state index >= 15 is 0 Å². The Bertz CT molecular complexity index is 252. The third-order valence-corrected chi connectivity index (χ3v) is 2.60. The third-order valence-electron chi connectivity index (χ3n) is 2.60. The van der Waals surface area contributed by atoms with E-state index in [1.54, 1.807) is 20.8 Å². The number of amides is 1. The average molecular weight is 245 g/mol. The monoisotopic (exact) mass is 245 g/mol. The molecule has 100 valence electrons. The predicted octanol–water partition coefficient (Wildman–Crippen LogP) is 1.44. The van der Waals surface area contributed by atoms with Crippen LogP contribution in [0.5, 0.6) is 0 Å². The molecule has 0 aliphatic carbocycles. The molecule has 1 fully saturated rings. The Morgan fingerprint density at radius 3 is 2.76 bits per heavy atom. The van der Waals surface area contributed by atoms with Gasteiger partial charge in [-0.1, -0.05) is 0 Å². The van der Waals surface area contributed by atoms with Gasteiger partial charge in [0, 0.05) is 26.2 Å². The van der Waals surface area contributed by atoms with E-state index in [9.17, 15) is 9.90 Å². The van der Waals surface area contributed by atoms with E-state index in [2.05, 4.69) is 5.32 Å². The number of hydrogen-bond acceptors (Lipinski definition) is 4. The van der Waals surface area contributed by atoms with Crippen LogP contribution in [0.2, 0.25) is 0 Å². The summed E-state index contributed by atoms with van der Waals surface area (Å²) < 4.78 is 10.4. The van der Waals surface area contributed by atoms with Gasteiger partial charge in [0.2, 0.25) is 0 Å². The molecular formula is C12H23NO4. The number of rotatable bonds is 2. The zero-order chi connectivity index (χ0) is 12.9. The van der Waals surface area contributed by atoms with E-state index < -0.39 is 17.3 Å². The van der Waals surface area contributed by atoms with E-state index in [-0.39, 0.29) is 6.54 Å². The van der Waals surface area contributed by atoms with Crippen LogP contribution in [0.4, 0.5) is 4.79 Å². The van der Waals surface area contributed by atoms with Crippen molar-refractivity contribution in [3.63, 3.8) is 0 Å². The molecule has 0 bridgehead atoms. The summed E-state index contributed by atoms with van der Waals surface area (Å²) in [6, 6.07) is 0. The SMILES string of the molecule is CC(C)(C)OC(=O)NCC1(O)CCCOCC1. The summed E-state index contributed by atoms with van der Waals surface area (Å²) in [5.41, 5.74) is -1.38. The van der Waals surface area contributed by atoms with E-state index in [0.29, 0.717) is 26.1 Å². The van der Waals surface area contributed by atoms with Crippen LogP contribution < -0.4 is 5.32 Å². The minimum Gasteiger partial charge on any atom is -0.444 e. The second-order valence-corrected chi connectivity index (χ2v) is 5.55. The minimum absolute atomic E-state index is 0.214. The highest BCUT2D eigenvalue weighted by Crippen LogP contribution is 2.20. The first-order chi connectivity index (χ1) is 7.81. The van der Waals surface area contributed by atoms with Crippen molar-refractivity contribution in [2.24, 2.45) is 0 Å². The van der Waals surface area contributed by atoms with Crippen LogP contribution in [0.3, 0.4) is 0 Å². The number of carbonyl (C=O) groups is 1. The first-order valence-corrected chi connectivity index (χ1v) is 6.08. The first-order valence-electron chi connectivity index (χ1n) is 6.08. The molecule has 0 aromatic rings. The summed E-state index contributed by atoms with van der Waals surface area (Å²) >= 11 is 0. The molecule has 1 aliphatic rings. The number of carbonyl (C=O) groups excluding carboxylic acids is 1. The Hall–Kier alpha value is -0.810. The molecule has 0 aromatic heterocycles. The van der Waals surface area contributed by atoms with E-state index in [1.807, 2.05) is 0 Å². The maximum absolute atomic E-state index is 11.5. The molecule has 1 atom stereocenters. The van der Waals surface area contributed by atoms with E-state index in [1.165, 1.54) is 0 Å². The zero-order valence-corrected chi connectivity index (χ0v) is 10.9. The molecule has 5 nitrogen and oxygen atoms in total. The Kier molecular flexibility index (Phi) is 4.77. The summed E-state index contributed by atoms with van der Waals surface area (Å²) in [6.07, 6.45) is 1.51. The van der Waals surface area contributed by atoms with Gasteiger partial charge in [0.15, 0.2) is 0 Å². The molecule has 0 saturated carbocycles. The van der Waals surface area contributed by atoms with Crippen molar-refractivity contribution in [1.82, 2.24) is 5.32 Å². The fourth-order valence-electron chi connectivity index (χ4n) is 1.72. The van der Waals surface area contributed by atoms with Gasteiger partial charge in [-0.15, -0.1) is 0 Å². The molecule has 0 spiro atoms. The van der Waals surface area contributed by atoms with Crippen LogP contribution >= 0.6 is 0 Å². The van der Waals surface area contributed by atoms with Crippen molar-refractivity contribution >= 4 is 6.09 Å². The van der Waals surface area contributed by atoms with Crippen LogP contribution in [-0.2, 0) is 9.47 Å². The molecular weight excluding hydrogens is 222 g/mol. The number of ether oxygens (including phenoxy) is 2. The Morgan fingerprint density at radius 2 is 2.12 bits per heavy atom. The van der Waals surface area contributed by atoms with Crippen LogP contribution in [0.1, 0.15) is 40.0 Å². The number of alkyl carbamates (subject to hydrolysis) is 1. The lowest BCUT2D eigenvalue weighted by Gasteiger charge is -2.27. The molecule has 1 saturated heterocycles. The minimum atomic E-state index is -0.868. The number of aliphatic hydroxyl groups is 1. The number of hydrogen-bond donors (Lipinski definition) is 2. The molecule has 1 unspecified atom stereocenters. The second kappa shape index (κ2) is 5.69. The van der Waals surface area contributed by atoms with Gasteiger partial charge in [-0.3, -0.25) is 0 Å². The quantitative estimate of drug-likeness (QED) is 0.772. The third kappa shape index (κ3) is 5.89. The average Bonchev–Trinajstić information content (AvgIpc) is 2.38. The van der Waals surface area contributed by atoms with E-state index in [0.717, 1.165) is 6.42 Å². The second-order valence-electron chi connectivity index (χ2n) is 5.55. The molecule has 2 N–H and O–H groups in total. The highest BCUT2D eigenvalue weighted by Gasteiger charge is 2.29. The maximum Gasteiger partial charge on any atom is 0.407 e. The fraction of sp³-hybridized carbons (Fsp3) is 0.917. The molecule has 17 heavy (non-hydrogen) atoms. The van der Waals surface area contributed by atoms with Crippen molar-refractivity contribution < 1.29 is 19.4 Å². The van der Waals surface area contributed by atoms with Crippen LogP contribution in [0.25, 0.3) is 0 Å². The lowest BCUT2D eigenvalue weighted by atomic mass is 9.95. The Morgan fingerprint density at radius 1 is 1.41 bits per heavy atom. The Labute approximate surface area is 102 Å². The largest absolute Gasteiger partial charge is 0.444 e. The highest BCUT2D eigenvalue weighted by atomic mass is 16.6. The summed E-state index contributed by atoms with van der Waals surface area (Å²) in [4.78, 5) is 11.5. The number of nitrogens with one attached hydrogen (secondary N) is 1. The first kappa shape index (κ1) is 14.3. The van der Waals surface area contributed by atoms with Gasteiger partial charge in [-0.2, -0.15) is 0 Å². The molecule has 1 rings (SSSR count). The molecule has 1 aliphatic heterocycles. The fourth-order valence-corrected chi connectivity index (χ4v) is 1.72. The zero-order valence-electron chi connectivity index (χ0n) is 10.9. The Balaban J connectivity index is 2.35. The summed E-state index contributed by atoms with van der Waals surface area (Å²) in [5, 5.41) is 12.9. The maximum atomic E-state index is 11.5. The van der Waals surface area contributed by atoms with Crippen LogP contribution in [0.15, 0.2) is 0 Å². The molecule has 5 heteroatoms. The van der Waals surface area contributed by atoms with Crippen molar-refractivity contribution in [3.05, 3.63) is 0 Å². The van der Waals surface area contributed by atoms with Crippen molar-refractivity contribution in [2.75, 3.05) is 19.8 Å². The predicted molar refractivity (Wildman–Crippen MR) is 63.9 cm³/mol. The molecule has 1 amide bonds. The van der Waals surface area contributed by atoms with Gasteiger partial charge in [-0.25, -0.2) is 4.79 Å². The van der Waals surface area contributed by atoms with Crippen molar-refractivity contribution in [3.8, 4) is 0 Å². The summed E-state index contributed by atoms with van der Waals surface area (Å²) in [7, 11) is 0. The summed E-state index contributed by atoms with van der Waals surface area (Å²) in [5.74, 6) is 0. The molecule has 0 aromatic carbocycles. The molecule has 0 radical (unpaired) electrons. The molecule has 1 heterocycles. The van der Waals surface area contributed by atoms with Crippen LogP contribution in [-0.4, -0.2) is 42.2 Å². The standard InChI is InChI=1S/C12H23NO4/c1-11(2,3)17-10(14)13-9-12(15)5-4-7-16-8-6-12/h15H,4-9H2,1-3H3,(H,13,14). The van der Waals surface area contributed by atoms with Crippen molar-refractivity contribution in [2.45, 2.75) is 51.2 Å². The highest BCUT2D eigenvalue weighted by molar-refractivity contribution is 5.67. The smallest absolute Gasteiger partial charge is 0.407 e.